The van der Waals surface area contributed by atoms with Gasteiger partial charge in [0.2, 0.25) is 0 Å². The second-order valence-electron chi connectivity index (χ2n) is 6.35. The molecule has 18 heavy (non-hydrogen) atoms. The predicted octanol–water partition coefficient (Wildman–Crippen LogP) is -0.0208. The molecule has 0 aliphatic carbocycles. The molecule has 1 amide bonds. The Kier molecular flexibility index (Phi) is 2.90. The molecule has 2 fully saturated rings. The molecular formula is C11H20N2O4S. The molecule has 0 aromatic heterocycles. The summed E-state index contributed by atoms with van der Waals surface area (Å²) in [5.41, 5.74) is 4.75. The summed E-state index contributed by atoms with van der Waals surface area (Å²) in [6.45, 7) is 6.01. The first-order valence-electron chi connectivity index (χ1n) is 5.98. The fourth-order valence-corrected chi connectivity index (χ4v) is 4.93. The Balaban J connectivity index is 2.05. The molecule has 2 aliphatic heterocycles. The van der Waals surface area contributed by atoms with E-state index in [1.807, 2.05) is 0 Å². The smallest absolute Gasteiger partial charge is 0.410 e. The molecule has 104 valence electrons. The van der Waals surface area contributed by atoms with Gasteiger partial charge in [-0.25, -0.2) is 13.2 Å². The van der Waals surface area contributed by atoms with Gasteiger partial charge in [-0.1, -0.05) is 0 Å². The van der Waals surface area contributed by atoms with E-state index < -0.39 is 27.1 Å². The van der Waals surface area contributed by atoms with Gasteiger partial charge in [-0.3, -0.25) is 0 Å². The van der Waals surface area contributed by atoms with Crippen LogP contribution in [0.2, 0.25) is 0 Å². The van der Waals surface area contributed by atoms with E-state index in [0.29, 0.717) is 6.54 Å². The summed E-state index contributed by atoms with van der Waals surface area (Å²) in [5, 5.41) is 0. The number of likely N-dealkylation sites (tertiary alicyclic amines) is 1. The Bertz CT molecular complexity index is 468. The number of carbonyl (C=O) groups is 1. The monoisotopic (exact) mass is 276 g/mol. The summed E-state index contributed by atoms with van der Waals surface area (Å²) in [4.78, 5) is 13.4. The van der Waals surface area contributed by atoms with E-state index in [4.69, 9.17) is 10.5 Å². The van der Waals surface area contributed by atoms with Crippen LogP contribution in [0.5, 0.6) is 0 Å². The van der Waals surface area contributed by atoms with Gasteiger partial charge in [-0.05, 0) is 20.8 Å². The Labute approximate surface area is 107 Å². The third-order valence-electron chi connectivity index (χ3n) is 3.33. The maximum absolute atomic E-state index is 11.9. The number of amides is 1. The number of fused-ring (bicyclic) bond motifs is 1. The van der Waals surface area contributed by atoms with Crippen molar-refractivity contribution in [3.63, 3.8) is 0 Å². The molecule has 0 aromatic rings. The minimum absolute atomic E-state index is 0.0377. The van der Waals surface area contributed by atoms with Crippen LogP contribution in [0.25, 0.3) is 0 Å². The molecule has 0 saturated carbocycles. The molecule has 2 atom stereocenters. The average Bonchev–Trinajstić information content (AvgIpc) is 2.47. The van der Waals surface area contributed by atoms with Crippen molar-refractivity contribution in [1.29, 1.82) is 0 Å². The molecule has 2 N–H and O–H groups in total. The van der Waals surface area contributed by atoms with Gasteiger partial charge in [0.15, 0.2) is 9.84 Å². The first-order valence-corrected chi connectivity index (χ1v) is 7.80. The van der Waals surface area contributed by atoms with Gasteiger partial charge in [0.1, 0.15) is 5.60 Å². The van der Waals surface area contributed by atoms with Gasteiger partial charge in [-0.2, -0.15) is 0 Å². The van der Waals surface area contributed by atoms with Gasteiger partial charge < -0.3 is 15.4 Å². The molecule has 0 bridgehead atoms. The first kappa shape index (κ1) is 13.6. The van der Waals surface area contributed by atoms with E-state index in [2.05, 4.69) is 0 Å². The molecule has 6 nitrogen and oxygen atoms in total. The summed E-state index contributed by atoms with van der Waals surface area (Å²) in [6.07, 6.45) is -0.417. The zero-order valence-electron chi connectivity index (χ0n) is 11.0. The molecule has 2 aliphatic rings. The predicted molar refractivity (Wildman–Crippen MR) is 66.9 cm³/mol. The van der Waals surface area contributed by atoms with Crippen LogP contribution in [0, 0.1) is 5.92 Å². The van der Waals surface area contributed by atoms with Gasteiger partial charge in [-0.15, -0.1) is 0 Å². The number of nitrogens with two attached hydrogens (primary N) is 1. The lowest BCUT2D eigenvalue weighted by Crippen LogP contribution is -2.49. The van der Waals surface area contributed by atoms with Crippen LogP contribution in [0.3, 0.4) is 0 Å². The molecule has 0 unspecified atom stereocenters. The highest BCUT2D eigenvalue weighted by Gasteiger charge is 2.54. The fourth-order valence-electron chi connectivity index (χ4n) is 2.62. The summed E-state index contributed by atoms with van der Waals surface area (Å²) >= 11 is 0. The number of sulfone groups is 1. The van der Waals surface area contributed by atoms with E-state index in [-0.39, 0.29) is 24.0 Å². The molecule has 0 radical (unpaired) electrons. The van der Waals surface area contributed by atoms with Gasteiger partial charge in [0.05, 0.1) is 17.0 Å². The van der Waals surface area contributed by atoms with Crippen LogP contribution in [0.15, 0.2) is 0 Å². The second kappa shape index (κ2) is 3.84. The highest BCUT2D eigenvalue weighted by atomic mass is 32.2. The second-order valence-corrected chi connectivity index (χ2v) is 8.45. The van der Waals surface area contributed by atoms with Crippen LogP contribution < -0.4 is 5.73 Å². The Morgan fingerprint density at radius 2 is 2.06 bits per heavy atom. The summed E-state index contributed by atoms with van der Waals surface area (Å²) in [6, 6.07) is 0. The van der Waals surface area contributed by atoms with Crippen molar-refractivity contribution in [1.82, 2.24) is 4.90 Å². The van der Waals surface area contributed by atoms with Crippen molar-refractivity contribution in [3.05, 3.63) is 0 Å². The summed E-state index contributed by atoms with van der Waals surface area (Å²) in [7, 11) is -3.05. The maximum atomic E-state index is 11.9. The average molecular weight is 276 g/mol. The van der Waals surface area contributed by atoms with Crippen molar-refractivity contribution in [2.45, 2.75) is 31.9 Å². The lowest BCUT2D eigenvalue weighted by Gasteiger charge is -2.26. The molecule has 2 saturated heterocycles. The highest BCUT2D eigenvalue weighted by Crippen LogP contribution is 2.35. The molecular weight excluding hydrogens is 256 g/mol. The molecule has 2 rings (SSSR count). The van der Waals surface area contributed by atoms with Crippen LogP contribution in [-0.2, 0) is 14.6 Å². The Hall–Kier alpha value is -0.820. The summed E-state index contributed by atoms with van der Waals surface area (Å²) < 4.78 is 28.3. The number of carbonyl (C=O) groups excluding carboxylic acids is 1. The van der Waals surface area contributed by atoms with Crippen molar-refractivity contribution < 1.29 is 17.9 Å². The first-order chi connectivity index (χ1) is 8.01. The minimum atomic E-state index is -3.05. The van der Waals surface area contributed by atoms with Crippen LogP contribution in [0.1, 0.15) is 20.8 Å². The Morgan fingerprint density at radius 1 is 1.44 bits per heavy atom. The SMILES string of the molecule is CC(C)(C)OC(=O)N1C[C@@H]2CS(=O)(=O)C[C@]2(N)C1. The molecule has 7 heteroatoms. The van der Waals surface area contributed by atoms with E-state index >= 15 is 0 Å². The zero-order valence-corrected chi connectivity index (χ0v) is 11.8. The van der Waals surface area contributed by atoms with Gasteiger partial charge in [0.25, 0.3) is 0 Å². The van der Waals surface area contributed by atoms with Gasteiger partial charge >= 0.3 is 6.09 Å². The zero-order chi connectivity index (χ0) is 13.8. The Morgan fingerprint density at radius 3 is 2.56 bits per heavy atom. The number of ether oxygens (including phenoxy) is 1. The van der Waals surface area contributed by atoms with E-state index in [1.165, 1.54) is 4.90 Å². The van der Waals surface area contributed by atoms with Crippen molar-refractivity contribution >= 4 is 15.9 Å². The van der Waals surface area contributed by atoms with E-state index in [1.54, 1.807) is 20.8 Å². The van der Waals surface area contributed by atoms with Crippen LogP contribution in [-0.4, -0.2) is 55.1 Å². The number of hydrogen-bond acceptors (Lipinski definition) is 5. The number of nitrogens with zero attached hydrogens (tertiary/aromatic N) is 1. The third-order valence-corrected chi connectivity index (χ3v) is 5.22. The quantitative estimate of drug-likeness (QED) is 0.671. The molecule has 2 heterocycles. The third kappa shape index (κ3) is 2.61. The van der Waals surface area contributed by atoms with E-state index in [0.717, 1.165) is 0 Å². The lowest BCUT2D eigenvalue weighted by atomic mass is 9.92. The fraction of sp³-hybridized carbons (Fsp3) is 0.909. The van der Waals surface area contributed by atoms with Gasteiger partial charge in [0, 0.05) is 19.0 Å². The van der Waals surface area contributed by atoms with Crippen molar-refractivity contribution in [3.8, 4) is 0 Å². The van der Waals surface area contributed by atoms with Crippen LogP contribution in [0.4, 0.5) is 4.79 Å². The molecule has 0 spiro atoms. The number of rotatable bonds is 0. The summed E-state index contributed by atoms with van der Waals surface area (Å²) in [5.74, 6) is -0.137. The largest absolute Gasteiger partial charge is 0.444 e. The standard InChI is InChI=1S/C11H20N2O4S/c1-10(2,3)17-9(14)13-4-8-5-18(15,16)7-11(8,12)6-13/h8H,4-7,12H2,1-3H3/t8-,11-/m1/s1. The number of hydrogen-bond donors (Lipinski definition) is 1. The highest BCUT2D eigenvalue weighted by molar-refractivity contribution is 7.91. The maximum Gasteiger partial charge on any atom is 0.410 e. The normalized spacial score (nSPS) is 34.4. The lowest BCUT2D eigenvalue weighted by molar-refractivity contribution is 0.0282. The van der Waals surface area contributed by atoms with Crippen molar-refractivity contribution in [2.75, 3.05) is 24.6 Å². The van der Waals surface area contributed by atoms with Crippen LogP contribution >= 0.6 is 0 Å². The minimum Gasteiger partial charge on any atom is -0.444 e. The van der Waals surface area contributed by atoms with Crippen molar-refractivity contribution in [2.24, 2.45) is 11.7 Å². The topological polar surface area (TPSA) is 89.7 Å². The molecule has 0 aromatic carbocycles. The van der Waals surface area contributed by atoms with E-state index in [9.17, 15) is 13.2 Å².